The van der Waals surface area contributed by atoms with E-state index in [9.17, 15) is 39.4 Å². The van der Waals surface area contributed by atoms with Gasteiger partial charge in [0.2, 0.25) is 0 Å². The van der Waals surface area contributed by atoms with Crippen molar-refractivity contribution in [2.75, 3.05) is 9.80 Å². The number of amides is 4. The zero-order valence-electron chi connectivity index (χ0n) is 49.3. The van der Waals surface area contributed by atoms with Gasteiger partial charge in [-0.3, -0.25) is 29.8 Å². The molecule has 0 fully saturated rings. The number of hydrogen-bond donors (Lipinski definition) is 0. The number of nitro groups is 2. The first-order valence-electron chi connectivity index (χ1n) is 26.4. The lowest BCUT2D eigenvalue weighted by atomic mass is 10.0. The van der Waals surface area contributed by atoms with Crippen molar-refractivity contribution in [3.05, 3.63) is 162 Å². The molecule has 0 unspecified atom stereocenters. The predicted molar refractivity (Wildman–Crippen MR) is 323 cm³/mol. The van der Waals surface area contributed by atoms with Crippen LogP contribution in [-0.4, -0.2) is 68.6 Å². The molecule has 7 rings (SSSR count). The van der Waals surface area contributed by atoms with E-state index in [1.807, 2.05) is 0 Å². The minimum absolute atomic E-state index is 0.0134. The van der Waals surface area contributed by atoms with E-state index in [4.69, 9.17) is 51.6 Å². The zero-order valence-corrected chi connectivity index (χ0v) is 50.8. The van der Waals surface area contributed by atoms with E-state index < -0.39 is 113 Å². The van der Waals surface area contributed by atoms with Crippen LogP contribution in [0.25, 0.3) is 21.5 Å². The number of halogens is 2. The first kappa shape index (κ1) is 64.6. The van der Waals surface area contributed by atoms with Gasteiger partial charge in [0, 0.05) is 27.9 Å². The van der Waals surface area contributed by atoms with E-state index in [1.54, 1.807) is 97.0 Å². The fraction of sp³-hybridized carbons (Fsp3) is 0.279. The maximum Gasteiger partial charge on any atom is 0.514 e. The van der Waals surface area contributed by atoms with Crippen molar-refractivity contribution in [1.29, 1.82) is 0 Å². The van der Waals surface area contributed by atoms with Crippen LogP contribution in [0.4, 0.5) is 64.7 Å². The molecule has 0 aliphatic heterocycles. The van der Waals surface area contributed by atoms with Gasteiger partial charge in [-0.1, -0.05) is 77.8 Å². The molecular formula is C61H58Cl2N8O16. The third kappa shape index (κ3) is 16.1. The summed E-state index contributed by atoms with van der Waals surface area (Å²) in [6.45, 7) is 20.0. The fourth-order valence-electron chi connectivity index (χ4n) is 8.12. The highest BCUT2D eigenvalue weighted by molar-refractivity contribution is 6.36. The van der Waals surface area contributed by atoms with Gasteiger partial charge < -0.3 is 28.4 Å². The van der Waals surface area contributed by atoms with Gasteiger partial charge in [0.25, 0.3) is 23.2 Å². The van der Waals surface area contributed by atoms with Crippen LogP contribution in [0.5, 0.6) is 11.5 Å². The molecule has 0 N–H and O–H groups in total. The number of carbonyl (C=O) groups is 6. The average molecular weight is 1230 g/mol. The summed E-state index contributed by atoms with van der Waals surface area (Å²) in [6.07, 6.45) is -5.36. The van der Waals surface area contributed by atoms with Crippen LogP contribution in [0, 0.1) is 27.2 Å². The van der Waals surface area contributed by atoms with Crippen LogP contribution in [0.1, 0.15) is 109 Å². The minimum Gasteiger partial charge on any atom is -0.443 e. The van der Waals surface area contributed by atoms with E-state index in [2.05, 4.69) is 20.5 Å². The standard InChI is InChI=1S/C61H58Cl2N8O16/c1-33-22-25-43(46(28-33)70(78)79)64-66-48-38-20-16-14-18-34(38)29-40(50(48)82-56(76)86-60(8,9)10)52(72)68(54(74)84-58(2,3)4)37-24-27-45(42(63)32-37)69(55(75)85-59(5,6)7)53(73)41-30-35-19-15-17-21-39(35)49(51(41)83-57(77)87-61(11,12)13)67-65-44-26-23-36(62)31-47(44)71(80)81/h14-32H,1-13H3. The molecule has 87 heavy (non-hydrogen) atoms. The monoisotopic (exact) mass is 1230 g/mol. The normalized spacial score (nSPS) is 12.0. The molecule has 452 valence electrons. The van der Waals surface area contributed by atoms with E-state index in [-0.39, 0.29) is 55.0 Å². The molecule has 7 aromatic carbocycles. The highest BCUT2D eigenvalue weighted by Crippen LogP contribution is 2.46. The van der Waals surface area contributed by atoms with Gasteiger partial charge in [0.15, 0.2) is 22.9 Å². The molecule has 4 amide bonds. The second kappa shape index (κ2) is 25.3. The molecule has 24 nitrogen and oxygen atoms in total. The zero-order chi connectivity index (χ0) is 64.2. The van der Waals surface area contributed by atoms with Crippen LogP contribution in [0.2, 0.25) is 10.0 Å². The molecule has 0 heterocycles. The molecule has 0 spiro atoms. The molecule has 26 heteroatoms. The van der Waals surface area contributed by atoms with Crippen molar-refractivity contribution in [2.24, 2.45) is 20.5 Å². The summed E-state index contributed by atoms with van der Waals surface area (Å²) < 4.78 is 34.2. The van der Waals surface area contributed by atoms with E-state index >= 15 is 9.59 Å². The average Bonchev–Trinajstić information content (AvgIpc) is 0.852. The summed E-state index contributed by atoms with van der Waals surface area (Å²) in [4.78, 5) is 112. The lowest BCUT2D eigenvalue weighted by Crippen LogP contribution is -2.42. The maximum absolute atomic E-state index is 15.6. The van der Waals surface area contributed by atoms with Crippen molar-refractivity contribution in [2.45, 2.75) is 112 Å². The van der Waals surface area contributed by atoms with Crippen molar-refractivity contribution >= 4 is 127 Å². The summed E-state index contributed by atoms with van der Waals surface area (Å²) >= 11 is 13.2. The maximum atomic E-state index is 15.6. The van der Waals surface area contributed by atoms with Gasteiger partial charge >= 0.3 is 24.5 Å². The molecule has 0 radical (unpaired) electrons. The Labute approximate surface area is 507 Å². The van der Waals surface area contributed by atoms with Crippen LogP contribution in [0.15, 0.2) is 136 Å². The summed E-state index contributed by atoms with van der Waals surface area (Å²) in [6, 6.07) is 26.2. The number of ether oxygens (including phenoxy) is 6. The molecule has 0 atom stereocenters. The van der Waals surface area contributed by atoms with Gasteiger partial charge in [-0.15, -0.1) is 20.5 Å². The number of nitro benzene ring substituents is 2. The van der Waals surface area contributed by atoms with Crippen molar-refractivity contribution < 1.29 is 67.0 Å². The van der Waals surface area contributed by atoms with Crippen molar-refractivity contribution in [3.63, 3.8) is 0 Å². The van der Waals surface area contributed by atoms with Crippen LogP contribution in [0.3, 0.4) is 0 Å². The molecule has 0 aliphatic carbocycles. The second-order valence-electron chi connectivity index (χ2n) is 23.2. The molecule has 7 aromatic rings. The molecule has 0 aliphatic rings. The predicted octanol–water partition coefficient (Wildman–Crippen LogP) is 18.0. The Balaban J connectivity index is 1.46. The van der Waals surface area contributed by atoms with Gasteiger partial charge in [0.1, 0.15) is 33.8 Å². The van der Waals surface area contributed by atoms with Crippen LogP contribution < -0.4 is 19.3 Å². The van der Waals surface area contributed by atoms with Gasteiger partial charge in [0.05, 0.1) is 37.4 Å². The smallest absolute Gasteiger partial charge is 0.443 e. The fourth-order valence-corrected chi connectivity index (χ4v) is 8.54. The Kier molecular flexibility index (Phi) is 18.8. The van der Waals surface area contributed by atoms with Crippen molar-refractivity contribution in [3.8, 4) is 11.5 Å². The molecule has 0 bridgehead atoms. The summed E-state index contributed by atoms with van der Waals surface area (Å²) in [5.41, 5.74) is -8.40. The summed E-state index contributed by atoms with van der Waals surface area (Å²) in [5.74, 6) is -3.79. The molecule has 0 saturated carbocycles. The number of benzene rings is 7. The summed E-state index contributed by atoms with van der Waals surface area (Å²) in [5, 5.41) is 41.8. The first-order valence-corrected chi connectivity index (χ1v) is 27.1. The van der Waals surface area contributed by atoms with Crippen molar-refractivity contribution in [1.82, 2.24) is 0 Å². The van der Waals surface area contributed by atoms with Gasteiger partial charge in [-0.25, -0.2) is 29.0 Å². The molecule has 0 saturated heterocycles. The number of hydrogen-bond acceptors (Lipinski definition) is 20. The van der Waals surface area contributed by atoms with E-state index in [1.165, 1.54) is 84.0 Å². The molecule has 0 aromatic heterocycles. The Bertz CT molecular complexity index is 4030. The number of fused-ring (bicyclic) bond motifs is 2. The first-order chi connectivity index (χ1) is 40.5. The Morgan fingerprint density at radius 2 is 0.897 bits per heavy atom. The highest BCUT2D eigenvalue weighted by atomic mass is 35.5. The Hall–Kier alpha value is -9.94. The number of rotatable bonds is 12. The lowest BCUT2D eigenvalue weighted by molar-refractivity contribution is -0.384. The Morgan fingerprint density at radius 1 is 0.483 bits per heavy atom. The van der Waals surface area contributed by atoms with Gasteiger partial charge in [-0.2, -0.15) is 0 Å². The molecular weight excluding hydrogens is 1170 g/mol. The Morgan fingerprint density at radius 3 is 1.33 bits per heavy atom. The number of imide groups is 2. The van der Waals surface area contributed by atoms with E-state index in [0.717, 1.165) is 24.3 Å². The second-order valence-corrected chi connectivity index (χ2v) is 24.0. The number of carbonyl (C=O) groups excluding carboxylic acids is 6. The minimum atomic E-state index is -1.35. The third-order valence-corrected chi connectivity index (χ3v) is 12.1. The summed E-state index contributed by atoms with van der Waals surface area (Å²) in [7, 11) is 0. The third-order valence-electron chi connectivity index (χ3n) is 11.5. The van der Waals surface area contributed by atoms with Crippen LogP contribution in [-0.2, 0) is 18.9 Å². The lowest BCUT2D eigenvalue weighted by Gasteiger charge is -2.29. The van der Waals surface area contributed by atoms with Gasteiger partial charge in [-0.05, 0) is 155 Å². The van der Waals surface area contributed by atoms with Crippen LogP contribution >= 0.6 is 23.2 Å². The number of azo groups is 2. The topological polar surface area (TPSA) is 300 Å². The number of aryl methyl sites for hydroxylation is 1. The SMILES string of the molecule is Cc1ccc(N=Nc2c(OC(=O)OC(C)(C)C)c(C(=O)N(C(=O)OC(C)(C)C)c3ccc(N(C(=O)OC(C)(C)C)C(=O)c4cc5ccccc5c(N=Nc5ccc(Cl)cc5[N+](=O)[O-])c4OC(=O)OC(C)(C)C)c(Cl)c3)cc3ccccc23)c([N+](=O)[O-])c1. The van der Waals surface area contributed by atoms with E-state index in [0.29, 0.717) is 15.4 Å². The quantitative estimate of drug-likeness (QED) is 0.0274. The highest BCUT2D eigenvalue weighted by Gasteiger charge is 2.39. The number of nitrogens with zero attached hydrogens (tertiary/aromatic N) is 8. The number of anilines is 2. The largest absolute Gasteiger partial charge is 0.514 e.